The van der Waals surface area contributed by atoms with Crippen molar-refractivity contribution in [2.45, 2.75) is 58.1 Å². The summed E-state index contributed by atoms with van der Waals surface area (Å²) in [5.74, 6) is 1.26. The Hall–Kier alpha value is -0.120. The first kappa shape index (κ1) is 14.3. The summed E-state index contributed by atoms with van der Waals surface area (Å²) in [6.45, 7) is 10.2. The standard InChI is InChI=1S/C15H29NO2/c1-12-5-4-6-13(11-12)14(17)15(2,3)16-7-9-18-10-8-16/h12-14,17H,4-11H2,1-3H3. The number of nitrogens with zero attached hydrogens (tertiary/aromatic N) is 1. The zero-order chi connectivity index (χ0) is 13.2. The van der Waals surface area contributed by atoms with Crippen LogP contribution in [0.5, 0.6) is 0 Å². The zero-order valence-corrected chi connectivity index (χ0v) is 12.2. The lowest BCUT2D eigenvalue weighted by atomic mass is 9.74. The molecule has 0 aromatic heterocycles. The Bertz CT molecular complexity index is 261. The molecule has 1 saturated carbocycles. The summed E-state index contributed by atoms with van der Waals surface area (Å²) in [6, 6.07) is 0. The molecule has 3 heteroatoms. The van der Waals surface area contributed by atoms with Crippen LogP contribution in [0.25, 0.3) is 0 Å². The summed E-state index contributed by atoms with van der Waals surface area (Å²) < 4.78 is 5.41. The van der Waals surface area contributed by atoms with E-state index in [-0.39, 0.29) is 11.6 Å². The number of ether oxygens (including phenoxy) is 1. The molecule has 0 radical (unpaired) electrons. The van der Waals surface area contributed by atoms with Crippen molar-refractivity contribution in [2.75, 3.05) is 26.3 Å². The van der Waals surface area contributed by atoms with Crippen LogP contribution in [-0.2, 0) is 4.74 Å². The van der Waals surface area contributed by atoms with E-state index in [0.717, 1.165) is 32.2 Å². The van der Waals surface area contributed by atoms with Gasteiger partial charge < -0.3 is 9.84 Å². The maximum Gasteiger partial charge on any atom is 0.0746 e. The lowest BCUT2D eigenvalue weighted by Crippen LogP contribution is -2.58. The molecule has 0 bridgehead atoms. The quantitative estimate of drug-likeness (QED) is 0.840. The number of aliphatic hydroxyl groups excluding tert-OH is 1. The van der Waals surface area contributed by atoms with Crippen molar-refractivity contribution in [1.29, 1.82) is 0 Å². The van der Waals surface area contributed by atoms with E-state index in [1.165, 1.54) is 25.7 Å². The molecule has 1 aliphatic heterocycles. The van der Waals surface area contributed by atoms with Crippen molar-refractivity contribution in [3.05, 3.63) is 0 Å². The van der Waals surface area contributed by atoms with Crippen LogP contribution in [0.4, 0.5) is 0 Å². The number of aliphatic hydroxyl groups is 1. The SMILES string of the molecule is CC1CCCC(C(O)C(C)(C)N2CCOCC2)C1. The van der Waals surface area contributed by atoms with Gasteiger partial charge in [0, 0.05) is 18.6 Å². The summed E-state index contributed by atoms with van der Waals surface area (Å²) in [5, 5.41) is 10.8. The van der Waals surface area contributed by atoms with Gasteiger partial charge in [-0.2, -0.15) is 0 Å². The minimum Gasteiger partial charge on any atom is -0.391 e. The minimum atomic E-state index is -0.210. The van der Waals surface area contributed by atoms with Crippen LogP contribution < -0.4 is 0 Å². The zero-order valence-electron chi connectivity index (χ0n) is 12.2. The second-order valence-corrected chi connectivity index (χ2v) is 6.73. The molecule has 0 spiro atoms. The van der Waals surface area contributed by atoms with Crippen LogP contribution in [0.1, 0.15) is 46.5 Å². The predicted octanol–water partition coefficient (Wildman–Crippen LogP) is 2.28. The number of hydrogen-bond acceptors (Lipinski definition) is 3. The molecular weight excluding hydrogens is 226 g/mol. The van der Waals surface area contributed by atoms with Crippen LogP contribution in [0, 0.1) is 11.8 Å². The van der Waals surface area contributed by atoms with Crippen LogP contribution in [-0.4, -0.2) is 48.0 Å². The fraction of sp³-hybridized carbons (Fsp3) is 1.00. The first-order chi connectivity index (χ1) is 8.51. The fourth-order valence-corrected chi connectivity index (χ4v) is 3.67. The van der Waals surface area contributed by atoms with Crippen molar-refractivity contribution >= 4 is 0 Å². The fourth-order valence-electron chi connectivity index (χ4n) is 3.67. The second kappa shape index (κ2) is 5.89. The van der Waals surface area contributed by atoms with E-state index in [4.69, 9.17) is 4.74 Å². The molecule has 1 aliphatic carbocycles. The van der Waals surface area contributed by atoms with Crippen molar-refractivity contribution in [3.8, 4) is 0 Å². The lowest BCUT2D eigenvalue weighted by Gasteiger charge is -2.47. The van der Waals surface area contributed by atoms with Crippen molar-refractivity contribution in [1.82, 2.24) is 4.90 Å². The normalized spacial score (nSPS) is 33.3. The predicted molar refractivity (Wildman–Crippen MR) is 73.6 cm³/mol. The molecule has 2 fully saturated rings. The Morgan fingerprint density at radius 3 is 2.50 bits per heavy atom. The van der Waals surface area contributed by atoms with E-state index in [0.29, 0.717) is 5.92 Å². The minimum absolute atomic E-state index is 0.120. The highest BCUT2D eigenvalue weighted by atomic mass is 16.5. The van der Waals surface area contributed by atoms with Crippen LogP contribution in [0.3, 0.4) is 0 Å². The van der Waals surface area contributed by atoms with Gasteiger partial charge in [0.1, 0.15) is 0 Å². The molecule has 0 aromatic rings. The molecule has 106 valence electrons. The second-order valence-electron chi connectivity index (χ2n) is 6.73. The van der Waals surface area contributed by atoms with Gasteiger partial charge in [0.2, 0.25) is 0 Å². The van der Waals surface area contributed by atoms with Crippen LogP contribution >= 0.6 is 0 Å². The smallest absolute Gasteiger partial charge is 0.0746 e. The summed E-state index contributed by atoms with van der Waals surface area (Å²) >= 11 is 0. The molecule has 2 rings (SSSR count). The van der Waals surface area contributed by atoms with Gasteiger partial charge in [-0.25, -0.2) is 0 Å². The van der Waals surface area contributed by atoms with E-state index >= 15 is 0 Å². The lowest BCUT2D eigenvalue weighted by molar-refractivity contribution is -0.0874. The van der Waals surface area contributed by atoms with Gasteiger partial charge in [0.25, 0.3) is 0 Å². The summed E-state index contributed by atoms with van der Waals surface area (Å²) in [4.78, 5) is 2.40. The third-order valence-corrected chi connectivity index (χ3v) is 4.97. The van der Waals surface area contributed by atoms with E-state index in [1.807, 2.05) is 0 Å². The van der Waals surface area contributed by atoms with Crippen molar-refractivity contribution in [3.63, 3.8) is 0 Å². The van der Waals surface area contributed by atoms with E-state index < -0.39 is 0 Å². The number of hydrogen-bond donors (Lipinski definition) is 1. The molecule has 2 aliphatic rings. The van der Waals surface area contributed by atoms with Crippen molar-refractivity contribution < 1.29 is 9.84 Å². The maximum atomic E-state index is 10.8. The van der Waals surface area contributed by atoms with E-state index in [2.05, 4.69) is 25.7 Å². The molecule has 18 heavy (non-hydrogen) atoms. The Morgan fingerprint density at radius 2 is 1.89 bits per heavy atom. The Balaban J connectivity index is 1.98. The van der Waals surface area contributed by atoms with E-state index in [1.54, 1.807) is 0 Å². The van der Waals surface area contributed by atoms with Crippen molar-refractivity contribution in [2.24, 2.45) is 11.8 Å². The summed E-state index contributed by atoms with van der Waals surface area (Å²) in [5.41, 5.74) is -0.120. The van der Waals surface area contributed by atoms with Gasteiger partial charge in [0.15, 0.2) is 0 Å². The van der Waals surface area contributed by atoms with Gasteiger partial charge >= 0.3 is 0 Å². The Morgan fingerprint density at radius 1 is 1.22 bits per heavy atom. The summed E-state index contributed by atoms with van der Waals surface area (Å²) in [6.07, 6.45) is 4.79. The highest BCUT2D eigenvalue weighted by molar-refractivity contribution is 4.94. The van der Waals surface area contributed by atoms with Crippen LogP contribution in [0.15, 0.2) is 0 Å². The molecule has 3 unspecified atom stereocenters. The van der Waals surface area contributed by atoms with Crippen LogP contribution in [0.2, 0.25) is 0 Å². The molecule has 0 amide bonds. The highest BCUT2D eigenvalue weighted by Crippen LogP contribution is 2.36. The molecule has 1 N–H and O–H groups in total. The molecule has 0 aromatic carbocycles. The molecule has 1 saturated heterocycles. The van der Waals surface area contributed by atoms with Gasteiger partial charge in [0.05, 0.1) is 19.3 Å². The monoisotopic (exact) mass is 255 g/mol. The third-order valence-electron chi connectivity index (χ3n) is 4.97. The van der Waals surface area contributed by atoms with Gasteiger partial charge in [-0.05, 0) is 38.5 Å². The van der Waals surface area contributed by atoms with Gasteiger partial charge in [-0.15, -0.1) is 0 Å². The Kier molecular flexibility index (Phi) is 4.68. The number of morpholine rings is 1. The van der Waals surface area contributed by atoms with Gasteiger partial charge in [-0.3, -0.25) is 4.90 Å². The largest absolute Gasteiger partial charge is 0.391 e. The topological polar surface area (TPSA) is 32.7 Å². The maximum absolute atomic E-state index is 10.8. The molecule has 3 atom stereocenters. The molecule has 1 heterocycles. The first-order valence-corrected chi connectivity index (χ1v) is 7.52. The Labute approximate surface area is 112 Å². The van der Waals surface area contributed by atoms with E-state index in [9.17, 15) is 5.11 Å². The summed E-state index contributed by atoms with van der Waals surface area (Å²) in [7, 11) is 0. The third kappa shape index (κ3) is 3.06. The highest BCUT2D eigenvalue weighted by Gasteiger charge is 2.40. The average molecular weight is 255 g/mol. The van der Waals surface area contributed by atoms with Gasteiger partial charge in [-0.1, -0.05) is 19.8 Å². The first-order valence-electron chi connectivity index (χ1n) is 7.52. The molecular formula is C15H29NO2. The average Bonchev–Trinajstić information content (AvgIpc) is 2.39. The molecule has 3 nitrogen and oxygen atoms in total. The number of rotatable bonds is 3.